The van der Waals surface area contributed by atoms with Crippen LogP contribution in [0, 0.1) is 0 Å². The smallest absolute Gasteiger partial charge is 0.222 e. The summed E-state index contributed by atoms with van der Waals surface area (Å²) in [5.41, 5.74) is 7.41. The van der Waals surface area contributed by atoms with Gasteiger partial charge < -0.3 is 15.8 Å². The highest BCUT2D eigenvalue weighted by molar-refractivity contribution is 5.82. The first kappa shape index (κ1) is 14.4. The number of pyridine rings is 1. The van der Waals surface area contributed by atoms with E-state index in [-0.39, 0.29) is 18.4 Å². The first-order valence-corrected chi connectivity index (χ1v) is 6.56. The summed E-state index contributed by atoms with van der Waals surface area (Å²) in [4.78, 5) is 16.2. The van der Waals surface area contributed by atoms with Crippen LogP contribution < -0.4 is 11.1 Å². The molecule has 1 unspecified atom stereocenters. The molecular formula is C15H19N3O2. The lowest BCUT2D eigenvalue weighted by Crippen LogP contribution is -2.31. The summed E-state index contributed by atoms with van der Waals surface area (Å²) >= 11 is 0. The summed E-state index contributed by atoms with van der Waals surface area (Å²) in [7, 11) is 1.55. The number of ether oxygens (including phenoxy) is 1. The maximum Gasteiger partial charge on any atom is 0.222 e. The summed E-state index contributed by atoms with van der Waals surface area (Å²) in [6.07, 6.45) is 1.79. The molecule has 0 spiro atoms. The lowest BCUT2D eigenvalue weighted by Gasteiger charge is -2.13. The van der Waals surface area contributed by atoms with Crippen LogP contribution in [0.5, 0.6) is 0 Å². The second kappa shape index (κ2) is 6.98. The number of amides is 1. The van der Waals surface area contributed by atoms with Gasteiger partial charge in [0.2, 0.25) is 5.91 Å². The molecule has 5 heteroatoms. The number of rotatable bonds is 6. The Morgan fingerprint density at radius 3 is 2.95 bits per heavy atom. The van der Waals surface area contributed by atoms with Crippen LogP contribution in [0.15, 0.2) is 36.5 Å². The average Bonchev–Trinajstić information content (AvgIpc) is 2.50. The molecular weight excluding hydrogens is 254 g/mol. The third-order valence-corrected chi connectivity index (χ3v) is 3.20. The summed E-state index contributed by atoms with van der Waals surface area (Å²) < 4.78 is 5.09. The van der Waals surface area contributed by atoms with Crippen molar-refractivity contribution in [1.82, 2.24) is 10.3 Å². The molecule has 3 N–H and O–H groups in total. The summed E-state index contributed by atoms with van der Waals surface area (Å²) in [6, 6.07) is 9.83. The van der Waals surface area contributed by atoms with Crippen LogP contribution in [0.4, 0.5) is 0 Å². The first-order chi connectivity index (χ1) is 9.74. The highest BCUT2D eigenvalue weighted by Crippen LogP contribution is 2.15. The number of para-hydroxylation sites is 1. The lowest BCUT2D eigenvalue weighted by atomic mass is 10.1. The zero-order chi connectivity index (χ0) is 14.4. The molecule has 0 fully saturated rings. The Kier molecular flexibility index (Phi) is 5.03. The standard InChI is InChI=1S/C15H19N3O2/c1-20-13(9-16)8-14(19)18-10-12-5-2-4-11-6-3-7-17-15(11)12/h2-7,13H,8-10,16H2,1H3,(H,18,19). The number of aromatic nitrogens is 1. The van der Waals surface area contributed by atoms with Gasteiger partial charge in [-0.3, -0.25) is 9.78 Å². The third-order valence-electron chi connectivity index (χ3n) is 3.20. The number of carbonyl (C=O) groups excluding carboxylic acids is 1. The maximum atomic E-state index is 11.8. The molecule has 0 aliphatic rings. The highest BCUT2D eigenvalue weighted by atomic mass is 16.5. The number of nitrogens with one attached hydrogen (secondary N) is 1. The molecule has 1 aromatic carbocycles. The molecule has 0 radical (unpaired) electrons. The molecule has 1 atom stereocenters. The fourth-order valence-electron chi connectivity index (χ4n) is 2.05. The number of methoxy groups -OCH3 is 1. The molecule has 2 rings (SSSR count). The van der Waals surface area contributed by atoms with Gasteiger partial charge in [0.05, 0.1) is 18.0 Å². The summed E-state index contributed by atoms with van der Waals surface area (Å²) in [6.45, 7) is 0.786. The van der Waals surface area contributed by atoms with Crippen molar-refractivity contribution < 1.29 is 9.53 Å². The monoisotopic (exact) mass is 273 g/mol. The number of benzene rings is 1. The number of nitrogens with two attached hydrogens (primary N) is 1. The second-order valence-electron chi connectivity index (χ2n) is 4.57. The van der Waals surface area contributed by atoms with Crippen molar-refractivity contribution in [3.8, 4) is 0 Å². The predicted octanol–water partition coefficient (Wildman–Crippen LogP) is 1.21. The zero-order valence-electron chi connectivity index (χ0n) is 11.5. The van der Waals surface area contributed by atoms with Gasteiger partial charge in [-0.05, 0) is 11.6 Å². The summed E-state index contributed by atoms with van der Waals surface area (Å²) in [5.74, 6) is -0.0739. The van der Waals surface area contributed by atoms with Crippen molar-refractivity contribution in [2.45, 2.75) is 19.1 Å². The van der Waals surface area contributed by atoms with Crippen molar-refractivity contribution >= 4 is 16.8 Å². The van der Waals surface area contributed by atoms with E-state index in [1.807, 2.05) is 30.3 Å². The lowest BCUT2D eigenvalue weighted by molar-refractivity contribution is -0.123. The Morgan fingerprint density at radius 2 is 2.20 bits per heavy atom. The van der Waals surface area contributed by atoms with Gasteiger partial charge in [-0.1, -0.05) is 24.3 Å². The molecule has 0 aliphatic heterocycles. The van der Waals surface area contributed by atoms with E-state index in [0.717, 1.165) is 16.5 Å². The Bertz CT molecular complexity index is 577. The van der Waals surface area contributed by atoms with Gasteiger partial charge in [-0.15, -0.1) is 0 Å². The van der Waals surface area contributed by atoms with E-state index in [4.69, 9.17) is 10.5 Å². The minimum absolute atomic E-state index is 0.0739. The zero-order valence-corrected chi connectivity index (χ0v) is 11.5. The van der Waals surface area contributed by atoms with Crippen molar-refractivity contribution in [1.29, 1.82) is 0 Å². The van der Waals surface area contributed by atoms with E-state index in [0.29, 0.717) is 13.1 Å². The first-order valence-electron chi connectivity index (χ1n) is 6.56. The number of nitrogens with zero attached hydrogens (tertiary/aromatic N) is 1. The number of hydrogen-bond acceptors (Lipinski definition) is 4. The van der Waals surface area contributed by atoms with E-state index in [1.54, 1.807) is 13.3 Å². The summed E-state index contributed by atoms with van der Waals surface area (Å²) in [5, 5.41) is 3.94. The normalized spacial score (nSPS) is 12.3. The minimum Gasteiger partial charge on any atom is -0.380 e. The van der Waals surface area contributed by atoms with Gasteiger partial charge in [0.15, 0.2) is 0 Å². The topological polar surface area (TPSA) is 77.2 Å². The minimum atomic E-state index is -0.236. The van der Waals surface area contributed by atoms with E-state index in [9.17, 15) is 4.79 Å². The molecule has 106 valence electrons. The highest BCUT2D eigenvalue weighted by Gasteiger charge is 2.11. The number of hydrogen-bond donors (Lipinski definition) is 2. The third kappa shape index (κ3) is 3.53. The van der Waals surface area contributed by atoms with Crippen molar-refractivity contribution in [2.75, 3.05) is 13.7 Å². The Hall–Kier alpha value is -1.98. The number of fused-ring (bicyclic) bond motifs is 1. The van der Waals surface area contributed by atoms with Gasteiger partial charge in [-0.2, -0.15) is 0 Å². The molecule has 1 amide bonds. The van der Waals surface area contributed by atoms with E-state index in [2.05, 4.69) is 10.3 Å². The fraction of sp³-hybridized carbons (Fsp3) is 0.333. The Labute approximate surface area is 118 Å². The van der Waals surface area contributed by atoms with Gasteiger partial charge >= 0.3 is 0 Å². The van der Waals surface area contributed by atoms with Crippen molar-refractivity contribution in [3.05, 3.63) is 42.1 Å². The van der Waals surface area contributed by atoms with E-state index >= 15 is 0 Å². The Balaban J connectivity index is 2.01. The molecule has 0 aliphatic carbocycles. The van der Waals surface area contributed by atoms with Crippen molar-refractivity contribution in [2.24, 2.45) is 5.73 Å². The second-order valence-corrected chi connectivity index (χ2v) is 4.57. The van der Waals surface area contributed by atoms with Gasteiger partial charge in [0, 0.05) is 31.8 Å². The number of carbonyl (C=O) groups is 1. The average molecular weight is 273 g/mol. The fourth-order valence-corrected chi connectivity index (χ4v) is 2.05. The van der Waals surface area contributed by atoms with Crippen LogP contribution in [-0.2, 0) is 16.1 Å². The predicted molar refractivity (Wildman–Crippen MR) is 78.1 cm³/mol. The molecule has 0 saturated heterocycles. The van der Waals surface area contributed by atoms with Crippen LogP contribution in [0.1, 0.15) is 12.0 Å². The van der Waals surface area contributed by atoms with E-state index in [1.165, 1.54) is 0 Å². The van der Waals surface area contributed by atoms with Crippen molar-refractivity contribution in [3.63, 3.8) is 0 Å². The molecule has 0 bridgehead atoms. The van der Waals surface area contributed by atoms with Crippen LogP contribution in [-0.4, -0.2) is 30.6 Å². The molecule has 0 saturated carbocycles. The van der Waals surface area contributed by atoms with Crippen LogP contribution in [0.25, 0.3) is 10.9 Å². The van der Waals surface area contributed by atoms with Crippen LogP contribution in [0.3, 0.4) is 0 Å². The maximum absolute atomic E-state index is 11.8. The SMILES string of the molecule is COC(CN)CC(=O)NCc1cccc2cccnc12. The van der Waals surface area contributed by atoms with Gasteiger partial charge in [0.1, 0.15) is 0 Å². The molecule has 20 heavy (non-hydrogen) atoms. The largest absolute Gasteiger partial charge is 0.380 e. The molecule has 1 heterocycles. The van der Waals surface area contributed by atoms with Gasteiger partial charge in [0.25, 0.3) is 0 Å². The molecule has 1 aromatic heterocycles. The van der Waals surface area contributed by atoms with Gasteiger partial charge in [-0.25, -0.2) is 0 Å². The Morgan fingerprint density at radius 1 is 1.40 bits per heavy atom. The van der Waals surface area contributed by atoms with E-state index < -0.39 is 0 Å². The van der Waals surface area contributed by atoms with Crippen LogP contribution >= 0.6 is 0 Å². The quantitative estimate of drug-likeness (QED) is 0.829. The van der Waals surface area contributed by atoms with Crippen LogP contribution in [0.2, 0.25) is 0 Å². The molecule has 5 nitrogen and oxygen atoms in total. The molecule has 2 aromatic rings.